The number of likely N-dealkylation sites (N-methyl/N-ethyl adjacent to an activating group) is 1. The van der Waals surface area contributed by atoms with Crippen molar-refractivity contribution in [2.24, 2.45) is 0 Å². The van der Waals surface area contributed by atoms with Crippen molar-refractivity contribution >= 4 is 10.9 Å². The van der Waals surface area contributed by atoms with Crippen LogP contribution in [0.5, 0.6) is 5.75 Å². The summed E-state index contributed by atoms with van der Waals surface area (Å²) in [4.78, 5) is 3.29. The lowest BCUT2D eigenvalue weighted by molar-refractivity contribution is -0.944. The minimum atomic E-state index is -1.38. The van der Waals surface area contributed by atoms with Gasteiger partial charge < -0.3 is 39.4 Å². The number of rotatable bonds is 8. The summed E-state index contributed by atoms with van der Waals surface area (Å²) in [6, 6.07) is 16.0. The standard InChI is InChI=1S/C25H33N2O6/c1-27(2,25-24(31)23(30)22(29)21(14-28)33-25)11-10-17-13-26-20-9-8-18(12-19(17)20)32-15-16-6-4-3-5-7-16/h3-9,12-13,21-26,28-31H,10-11,14-15H2,1-2H3/q+1/t21-,22-,23+,24-,25-/m1/s1. The first-order valence-corrected chi connectivity index (χ1v) is 11.2. The molecule has 8 heteroatoms. The van der Waals surface area contributed by atoms with Gasteiger partial charge in [0.25, 0.3) is 0 Å². The van der Waals surface area contributed by atoms with Crippen molar-refractivity contribution in [2.75, 3.05) is 27.2 Å². The first-order valence-electron chi connectivity index (χ1n) is 11.2. The summed E-state index contributed by atoms with van der Waals surface area (Å²) in [5, 5.41) is 41.3. The number of quaternary nitrogens is 1. The average Bonchev–Trinajstić information content (AvgIpc) is 3.23. The molecular formula is C25H33N2O6+. The van der Waals surface area contributed by atoms with Gasteiger partial charge in [-0.15, -0.1) is 0 Å². The molecule has 0 unspecified atom stereocenters. The topological polar surface area (TPSA) is 115 Å². The fourth-order valence-electron chi connectivity index (χ4n) is 4.39. The highest BCUT2D eigenvalue weighted by Gasteiger charge is 2.50. The Hall–Kier alpha value is -2.46. The van der Waals surface area contributed by atoms with Gasteiger partial charge in [0.15, 0.2) is 6.10 Å². The van der Waals surface area contributed by atoms with Gasteiger partial charge in [-0.05, 0) is 29.3 Å². The molecule has 2 aromatic carbocycles. The van der Waals surface area contributed by atoms with E-state index in [1.807, 2.05) is 68.8 Å². The molecular weight excluding hydrogens is 424 g/mol. The van der Waals surface area contributed by atoms with E-state index >= 15 is 0 Å². The van der Waals surface area contributed by atoms with E-state index in [0.717, 1.165) is 27.8 Å². The van der Waals surface area contributed by atoms with Crippen LogP contribution < -0.4 is 4.74 Å². The van der Waals surface area contributed by atoms with Crippen LogP contribution in [0, 0.1) is 0 Å². The molecule has 0 radical (unpaired) electrons. The molecule has 0 saturated carbocycles. The molecule has 33 heavy (non-hydrogen) atoms. The van der Waals surface area contributed by atoms with E-state index in [2.05, 4.69) is 4.98 Å². The van der Waals surface area contributed by atoms with E-state index in [-0.39, 0.29) is 4.48 Å². The van der Waals surface area contributed by atoms with Gasteiger partial charge in [-0.1, -0.05) is 30.3 Å². The molecule has 0 spiro atoms. The number of aliphatic hydroxyl groups excluding tert-OH is 4. The summed E-state index contributed by atoms with van der Waals surface area (Å²) in [7, 11) is 3.80. The maximum atomic E-state index is 10.5. The van der Waals surface area contributed by atoms with Crippen LogP contribution in [0.15, 0.2) is 54.7 Å². The third-order valence-electron chi connectivity index (χ3n) is 6.50. The molecule has 178 valence electrons. The molecule has 5 N–H and O–H groups in total. The number of hydrogen-bond acceptors (Lipinski definition) is 6. The molecule has 1 fully saturated rings. The minimum Gasteiger partial charge on any atom is -0.489 e. The molecule has 3 aromatic rings. The SMILES string of the molecule is C[N+](C)(CCc1c[nH]c2ccc(OCc3ccccc3)cc12)[C@@H]1O[C@H](CO)[C@@H](O)[C@H](O)[C@H]1O. The van der Waals surface area contributed by atoms with Gasteiger partial charge >= 0.3 is 0 Å². The van der Waals surface area contributed by atoms with Gasteiger partial charge in [-0.2, -0.15) is 0 Å². The van der Waals surface area contributed by atoms with Crippen LogP contribution in [0.4, 0.5) is 0 Å². The van der Waals surface area contributed by atoms with E-state index in [1.165, 1.54) is 0 Å². The van der Waals surface area contributed by atoms with Gasteiger partial charge in [0, 0.05) is 23.5 Å². The molecule has 1 saturated heterocycles. The highest BCUT2D eigenvalue weighted by atomic mass is 16.6. The van der Waals surface area contributed by atoms with Crippen LogP contribution >= 0.6 is 0 Å². The van der Waals surface area contributed by atoms with Crippen molar-refractivity contribution < 1.29 is 34.4 Å². The number of ether oxygens (including phenoxy) is 2. The fraction of sp³-hybridized carbons (Fsp3) is 0.440. The Bertz CT molecular complexity index is 1050. The zero-order valence-electron chi connectivity index (χ0n) is 19.0. The Morgan fingerprint density at radius 3 is 2.48 bits per heavy atom. The van der Waals surface area contributed by atoms with Crippen molar-refractivity contribution in [1.82, 2.24) is 4.98 Å². The lowest BCUT2D eigenvalue weighted by Crippen LogP contribution is -2.67. The second-order valence-electron chi connectivity index (χ2n) is 9.27. The summed E-state index contributed by atoms with van der Waals surface area (Å²) in [6.07, 6.45) is -3.04. The van der Waals surface area contributed by atoms with Crippen LogP contribution in [0.1, 0.15) is 11.1 Å². The molecule has 1 aliphatic rings. The fourth-order valence-corrected chi connectivity index (χ4v) is 4.39. The Morgan fingerprint density at radius 1 is 1.00 bits per heavy atom. The maximum absolute atomic E-state index is 10.5. The number of aromatic nitrogens is 1. The number of aromatic amines is 1. The lowest BCUT2D eigenvalue weighted by Gasteiger charge is -2.47. The van der Waals surface area contributed by atoms with Gasteiger partial charge in [-0.3, -0.25) is 0 Å². The normalized spacial score (nSPS) is 25.9. The second-order valence-corrected chi connectivity index (χ2v) is 9.27. The summed E-state index contributed by atoms with van der Waals surface area (Å²) >= 11 is 0. The Morgan fingerprint density at radius 2 is 1.76 bits per heavy atom. The molecule has 4 rings (SSSR count). The number of benzene rings is 2. The quantitative estimate of drug-likeness (QED) is 0.325. The monoisotopic (exact) mass is 457 g/mol. The summed E-state index contributed by atoms with van der Waals surface area (Å²) in [5.74, 6) is 0.787. The van der Waals surface area contributed by atoms with Crippen molar-refractivity contribution in [3.63, 3.8) is 0 Å². The van der Waals surface area contributed by atoms with Crippen molar-refractivity contribution in [3.8, 4) is 5.75 Å². The van der Waals surface area contributed by atoms with Gasteiger partial charge in [0.05, 0.1) is 27.2 Å². The molecule has 1 aliphatic heterocycles. The molecule has 8 nitrogen and oxygen atoms in total. The molecule has 5 atom stereocenters. The van der Waals surface area contributed by atoms with Gasteiger partial charge in [-0.25, -0.2) is 0 Å². The number of nitrogens with one attached hydrogen (secondary N) is 1. The van der Waals surface area contributed by atoms with Crippen LogP contribution in [-0.4, -0.2) is 87.8 Å². The molecule has 1 aromatic heterocycles. The third-order valence-corrected chi connectivity index (χ3v) is 6.50. The van der Waals surface area contributed by atoms with E-state index in [9.17, 15) is 20.4 Å². The third kappa shape index (κ3) is 5.06. The van der Waals surface area contributed by atoms with Gasteiger partial charge in [0.2, 0.25) is 6.23 Å². The summed E-state index contributed by atoms with van der Waals surface area (Å²) < 4.78 is 12.0. The lowest BCUT2D eigenvalue weighted by atomic mass is 9.97. The van der Waals surface area contributed by atoms with E-state index < -0.39 is 37.3 Å². The first kappa shape index (κ1) is 23.7. The zero-order chi connectivity index (χ0) is 23.6. The predicted octanol–water partition coefficient (Wildman–Crippen LogP) is 1.17. The number of nitrogens with zero attached hydrogens (tertiary/aromatic N) is 1. The molecule has 0 amide bonds. The Balaban J connectivity index is 1.46. The number of aliphatic hydroxyl groups is 4. The van der Waals surface area contributed by atoms with E-state index in [4.69, 9.17) is 9.47 Å². The number of fused-ring (bicyclic) bond motifs is 1. The van der Waals surface area contributed by atoms with Crippen LogP contribution in [-0.2, 0) is 17.8 Å². The maximum Gasteiger partial charge on any atom is 0.222 e. The van der Waals surface area contributed by atoms with Crippen LogP contribution in [0.25, 0.3) is 10.9 Å². The summed E-state index contributed by atoms with van der Waals surface area (Å²) in [5.41, 5.74) is 3.21. The zero-order valence-corrected chi connectivity index (χ0v) is 19.0. The predicted molar refractivity (Wildman–Crippen MR) is 124 cm³/mol. The van der Waals surface area contributed by atoms with Crippen LogP contribution in [0.2, 0.25) is 0 Å². The minimum absolute atomic E-state index is 0.248. The molecule has 2 heterocycles. The molecule has 0 bridgehead atoms. The Kier molecular flexibility index (Phi) is 7.04. The van der Waals surface area contributed by atoms with Crippen LogP contribution in [0.3, 0.4) is 0 Å². The van der Waals surface area contributed by atoms with Crippen molar-refractivity contribution in [2.45, 2.75) is 43.7 Å². The highest BCUT2D eigenvalue weighted by molar-refractivity contribution is 5.84. The highest BCUT2D eigenvalue weighted by Crippen LogP contribution is 2.29. The smallest absolute Gasteiger partial charge is 0.222 e. The summed E-state index contributed by atoms with van der Waals surface area (Å²) in [6.45, 7) is 0.660. The Labute approximate surface area is 193 Å². The van der Waals surface area contributed by atoms with E-state index in [0.29, 0.717) is 19.6 Å². The van der Waals surface area contributed by atoms with Crippen molar-refractivity contribution in [1.29, 1.82) is 0 Å². The number of H-pyrrole nitrogens is 1. The largest absolute Gasteiger partial charge is 0.489 e. The molecule has 0 aliphatic carbocycles. The second kappa shape index (κ2) is 9.80. The van der Waals surface area contributed by atoms with E-state index in [1.54, 1.807) is 0 Å². The average molecular weight is 458 g/mol. The number of hydrogen-bond donors (Lipinski definition) is 5. The van der Waals surface area contributed by atoms with Gasteiger partial charge in [0.1, 0.15) is 30.7 Å². The van der Waals surface area contributed by atoms with Crippen molar-refractivity contribution in [3.05, 3.63) is 65.9 Å². The first-order chi connectivity index (χ1) is 15.8.